The molecule has 1 unspecified atom stereocenters. The lowest BCUT2D eigenvalue weighted by molar-refractivity contribution is 0.0351. The Labute approximate surface area is 114 Å². The molecule has 2 aliphatic rings. The molecular formula is C16H32N2. The minimum atomic E-state index is 0.479. The minimum absolute atomic E-state index is 0.479. The van der Waals surface area contributed by atoms with E-state index < -0.39 is 0 Å². The molecule has 1 aliphatic carbocycles. The fraction of sp³-hybridized carbons (Fsp3) is 1.00. The highest BCUT2D eigenvalue weighted by molar-refractivity contribution is 5.02. The van der Waals surface area contributed by atoms with Gasteiger partial charge in [-0.3, -0.25) is 4.90 Å². The first kappa shape index (κ1) is 14.3. The summed E-state index contributed by atoms with van der Waals surface area (Å²) in [6.07, 6.45) is 11.0. The molecule has 18 heavy (non-hydrogen) atoms. The van der Waals surface area contributed by atoms with Crippen molar-refractivity contribution in [2.24, 2.45) is 0 Å². The summed E-state index contributed by atoms with van der Waals surface area (Å²) in [6.45, 7) is 9.58. The van der Waals surface area contributed by atoms with E-state index in [1.807, 2.05) is 0 Å². The van der Waals surface area contributed by atoms with Crippen molar-refractivity contribution in [3.8, 4) is 0 Å². The van der Waals surface area contributed by atoms with Gasteiger partial charge in [0, 0.05) is 30.7 Å². The molecule has 0 amide bonds. The molecule has 1 aliphatic heterocycles. The van der Waals surface area contributed by atoms with E-state index in [0.29, 0.717) is 5.54 Å². The molecule has 106 valence electrons. The number of hydrogen-bond acceptors (Lipinski definition) is 2. The number of piperazine rings is 1. The maximum absolute atomic E-state index is 3.92. The Morgan fingerprint density at radius 3 is 2.39 bits per heavy atom. The Morgan fingerprint density at radius 2 is 1.83 bits per heavy atom. The highest BCUT2D eigenvalue weighted by Crippen LogP contribution is 2.35. The zero-order chi connectivity index (χ0) is 13.0. The Bertz CT molecular complexity index is 241. The van der Waals surface area contributed by atoms with Gasteiger partial charge in [-0.25, -0.2) is 0 Å². The number of nitrogens with zero attached hydrogens (tertiary/aromatic N) is 1. The van der Waals surface area contributed by atoms with Crippen molar-refractivity contribution in [3.05, 3.63) is 0 Å². The van der Waals surface area contributed by atoms with Gasteiger partial charge in [0.15, 0.2) is 0 Å². The number of rotatable bonds is 5. The molecule has 2 nitrogen and oxygen atoms in total. The second-order valence-corrected chi connectivity index (χ2v) is 6.45. The summed E-state index contributed by atoms with van der Waals surface area (Å²) in [5.74, 6) is 0. The molecule has 0 aromatic rings. The molecule has 1 heterocycles. The second-order valence-electron chi connectivity index (χ2n) is 6.45. The van der Waals surface area contributed by atoms with Gasteiger partial charge in [-0.2, -0.15) is 0 Å². The Kier molecular flexibility index (Phi) is 5.08. The molecule has 0 bridgehead atoms. The molecule has 1 N–H and O–H groups in total. The third kappa shape index (κ3) is 2.91. The molecule has 1 atom stereocenters. The van der Waals surface area contributed by atoms with Gasteiger partial charge in [-0.05, 0) is 32.1 Å². The van der Waals surface area contributed by atoms with Gasteiger partial charge in [0.1, 0.15) is 0 Å². The SMILES string of the molecule is CCCC1CNC2(CCCC2)CN1C(CC)CC. The third-order valence-electron chi connectivity index (χ3n) is 5.26. The van der Waals surface area contributed by atoms with Crippen molar-refractivity contribution in [1.82, 2.24) is 10.2 Å². The normalized spacial score (nSPS) is 28.3. The van der Waals surface area contributed by atoms with Crippen LogP contribution < -0.4 is 5.32 Å². The second kappa shape index (κ2) is 6.38. The summed E-state index contributed by atoms with van der Waals surface area (Å²) >= 11 is 0. The maximum atomic E-state index is 3.92. The summed E-state index contributed by atoms with van der Waals surface area (Å²) < 4.78 is 0. The van der Waals surface area contributed by atoms with Crippen LogP contribution in [0.4, 0.5) is 0 Å². The van der Waals surface area contributed by atoms with Crippen LogP contribution in [0.15, 0.2) is 0 Å². The lowest BCUT2D eigenvalue weighted by atomic mass is 9.89. The average Bonchev–Trinajstić information content (AvgIpc) is 2.83. The quantitative estimate of drug-likeness (QED) is 0.805. The monoisotopic (exact) mass is 252 g/mol. The molecule has 1 spiro atoms. The van der Waals surface area contributed by atoms with Crippen molar-refractivity contribution in [2.45, 2.75) is 89.8 Å². The highest BCUT2D eigenvalue weighted by Gasteiger charge is 2.42. The molecule has 1 saturated heterocycles. The summed E-state index contributed by atoms with van der Waals surface area (Å²) in [5, 5.41) is 3.92. The Morgan fingerprint density at radius 1 is 1.17 bits per heavy atom. The topological polar surface area (TPSA) is 15.3 Å². The predicted molar refractivity (Wildman–Crippen MR) is 79.0 cm³/mol. The Hall–Kier alpha value is -0.0800. The molecule has 2 heteroatoms. The van der Waals surface area contributed by atoms with Crippen LogP contribution in [0.25, 0.3) is 0 Å². The third-order valence-corrected chi connectivity index (χ3v) is 5.26. The minimum Gasteiger partial charge on any atom is -0.308 e. The fourth-order valence-electron chi connectivity index (χ4n) is 4.16. The van der Waals surface area contributed by atoms with Gasteiger partial charge >= 0.3 is 0 Å². The largest absolute Gasteiger partial charge is 0.308 e. The van der Waals surface area contributed by atoms with Crippen LogP contribution >= 0.6 is 0 Å². The van der Waals surface area contributed by atoms with Crippen LogP contribution in [0.3, 0.4) is 0 Å². The van der Waals surface area contributed by atoms with Gasteiger partial charge in [0.05, 0.1) is 0 Å². The lowest BCUT2D eigenvalue weighted by Gasteiger charge is -2.49. The molecule has 0 aromatic carbocycles. The standard InChI is InChI=1S/C16H32N2/c1-4-9-15-12-17-16(10-7-8-11-16)13-18(15)14(5-2)6-3/h14-15,17H,4-13H2,1-3H3. The van der Waals surface area contributed by atoms with E-state index in [-0.39, 0.29) is 0 Å². The molecular weight excluding hydrogens is 220 g/mol. The predicted octanol–water partition coefficient (Wildman–Crippen LogP) is 3.56. The maximum Gasteiger partial charge on any atom is 0.0309 e. The van der Waals surface area contributed by atoms with E-state index in [4.69, 9.17) is 0 Å². The van der Waals surface area contributed by atoms with E-state index in [1.165, 1.54) is 64.5 Å². The molecule has 0 radical (unpaired) electrons. The molecule has 0 aromatic heterocycles. The molecule has 1 saturated carbocycles. The van der Waals surface area contributed by atoms with E-state index in [2.05, 4.69) is 31.0 Å². The zero-order valence-electron chi connectivity index (χ0n) is 12.7. The average molecular weight is 252 g/mol. The van der Waals surface area contributed by atoms with Crippen LogP contribution in [0.1, 0.15) is 72.1 Å². The first-order chi connectivity index (χ1) is 8.74. The zero-order valence-corrected chi connectivity index (χ0v) is 12.7. The number of hydrogen-bond donors (Lipinski definition) is 1. The fourth-order valence-corrected chi connectivity index (χ4v) is 4.16. The van der Waals surface area contributed by atoms with Crippen LogP contribution in [-0.4, -0.2) is 35.6 Å². The van der Waals surface area contributed by atoms with E-state index in [0.717, 1.165) is 12.1 Å². The summed E-state index contributed by atoms with van der Waals surface area (Å²) in [5.41, 5.74) is 0.479. The first-order valence-electron chi connectivity index (χ1n) is 8.25. The molecule has 2 fully saturated rings. The van der Waals surface area contributed by atoms with Crippen molar-refractivity contribution in [2.75, 3.05) is 13.1 Å². The Balaban J connectivity index is 2.07. The van der Waals surface area contributed by atoms with E-state index in [1.54, 1.807) is 0 Å². The van der Waals surface area contributed by atoms with Crippen LogP contribution in [0.5, 0.6) is 0 Å². The van der Waals surface area contributed by atoms with Gasteiger partial charge < -0.3 is 5.32 Å². The van der Waals surface area contributed by atoms with Crippen LogP contribution in [0.2, 0.25) is 0 Å². The van der Waals surface area contributed by atoms with Gasteiger partial charge in [-0.15, -0.1) is 0 Å². The van der Waals surface area contributed by atoms with Crippen molar-refractivity contribution in [1.29, 1.82) is 0 Å². The van der Waals surface area contributed by atoms with Crippen molar-refractivity contribution < 1.29 is 0 Å². The smallest absolute Gasteiger partial charge is 0.0309 e. The van der Waals surface area contributed by atoms with Crippen LogP contribution in [0, 0.1) is 0 Å². The first-order valence-corrected chi connectivity index (χ1v) is 8.25. The van der Waals surface area contributed by atoms with Crippen molar-refractivity contribution >= 4 is 0 Å². The van der Waals surface area contributed by atoms with Crippen LogP contribution in [-0.2, 0) is 0 Å². The van der Waals surface area contributed by atoms with Crippen molar-refractivity contribution in [3.63, 3.8) is 0 Å². The summed E-state index contributed by atoms with van der Waals surface area (Å²) in [6, 6.07) is 1.59. The van der Waals surface area contributed by atoms with Gasteiger partial charge in [-0.1, -0.05) is 40.0 Å². The van der Waals surface area contributed by atoms with E-state index >= 15 is 0 Å². The lowest BCUT2D eigenvalue weighted by Crippen LogP contribution is -2.65. The highest BCUT2D eigenvalue weighted by atomic mass is 15.3. The molecule has 2 rings (SSSR count). The summed E-state index contributed by atoms with van der Waals surface area (Å²) in [7, 11) is 0. The van der Waals surface area contributed by atoms with Gasteiger partial charge in [0.25, 0.3) is 0 Å². The van der Waals surface area contributed by atoms with Gasteiger partial charge in [0.2, 0.25) is 0 Å². The number of nitrogens with one attached hydrogen (secondary N) is 1. The summed E-state index contributed by atoms with van der Waals surface area (Å²) in [4.78, 5) is 2.87. The van der Waals surface area contributed by atoms with E-state index in [9.17, 15) is 0 Å².